The Balaban J connectivity index is 1.77. The number of hydrogen-bond donors (Lipinski definition) is 2. The summed E-state index contributed by atoms with van der Waals surface area (Å²) in [6.45, 7) is 4.50. The molecule has 2 rings (SSSR count). The van der Waals surface area contributed by atoms with Crippen molar-refractivity contribution < 1.29 is 4.79 Å². The minimum Gasteiger partial charge on any atom is -0.355 e. The Hall–Kier alpha value is -1.35. The molecule has 3 heteroatoms. The number of hydrogen-bond acceptors (Lipinski definition) is 2. The first kappa shape index (κ1) is 12.1. The maximum Gasteiger partial charge on any atom is 0.227 e. The molecule has 1 aliphatic heterocycles. The van der Waals surface area contributed by atoms with Gasteiger partial charge in [-0.1, -0.05) is 30.3 Å². The number of benzene rings is 1. The van der Waals surface area contributed by atoms with E-state index in [9.17, 15) is 4.79 Å². The summed E-state index contributed by atoms with van der Waals surface area (Å²) in [5, 5.41) is 6.28. The van der Waals surface area contributed by atoms with E-state index in [-0.39, 0.29) is 11.3 Å². The molecule has 1 atom stereocenters. The lowest BCUT2D eigenvalue weighted by Crippen LogP contribution is -2.41. The number of carbonyl (C=O) groups excluding carboxylic acids is 1. The normalized spacial score (nSPS) is 23.6. The largest absolute Gasteiger partial charge is 0.355 e. The number of rotatable bonds is 4. The van der Waals surface area contributed by atoms with Crippen molar-refractivity contribution in [3.05, 3.63) is 35.9 Å². The van der Waals surface area contributed by atoms with Crippen molar-refractivity contribution in [2.24, 2.45) is 5.41 Å². The predicted molar refractivity (Wildman–Crippen MR) is 68.7 cm³/mol. The molecule has 0 aliphatic carbocycles. The van der Waals surface area contributed by atoms with Gasteiger partial charge in [0.1, 0.15) is 0 Å². The molecule has 1 aromatic carbocycles. The van der Waals surface area contributed by atoms with E-state index >= 15 is 0 Å². The van der Waals surface area contributed by atoms with E-state index in [0.717, 1.165) is 32.5 Å². The first-order chi connectivity index (χ1) is 8.21. The molecular weight excluding hydrogens is 212 g/mol. The molecule has 1 heterocycles. The van der Waals surface area contributed by atoms with Crippen molar-refractivity contribution in [1.82, 2.24) is 10.6 Å². The van der Waals surface area contributed by atoms with Crippen LogP contribution in [0, 0.1) is 5.41 Å². The summed E-state index contributed by atoms with van der Waals surface area (Å²) in [5.41, 5.74) is 1.05. The van der Waals surface area contributed by atoms with E-state index < -0.39 is 0 Å². The molecule has 1 unspecified atom stereocenters. The lowest BCUT2D eigenvalue weighted by atomic mass is 9.89. The van der Waals surface area contributed by atoms with Gasteiger partial charge in [-0.3, -0.25) is 4.79 Å². The molecule has 17 heavy (non-hydrogen) atoms. The van der Waals surface area contributed by atoms with Gasteiger partial charge in [0, 0.05) is 13.1 Å². The smallest absolute Gasteiger partial charge is 0.227 e. The van der Waals surface area contributed by atoms with E-state index in [1.165, 1.54) is 5.56 Å². The number of carbonyl (C=O) groups is 1. The van der Waals surface area contributed by atoms with Crippen LogP contribution in [0.2, 0.25) is 0 Å². The molecule has 92 valence electrons. The second kappa shape index (κ2) is 5.32. The second-order valence-corrected chi connectivity index (χ2v) is 4.98. The lowest BCUT2D eigenvalue weighted by molar-refractivity contribution is -0.129. The maximum absolute atomic E-state index is 12.0. The van der Waals surface area contributed by atoms with Crippen molar-refractivity contribution in [1.29, 1.82) is 0 Å². The fourth-order valence-electron chi connectivity index (χ4n) is 2.19. The molecule has 2 N–H and O–H groups in total. The average Bonchev–Trinajstić information content (AvgIpc) is 2.79. The van der Waals surface area contributed by atoms with Crippen molar-refractivity contribution in [3.8, 4) is 0 Å². The summed E-state index contributed by atoms with van der Waals surface area (Å²) < 4.78 is 0. The molecule has 1 saturated heterocycles. The zero-order chi connectivity index (χ0) is 12.1. The Bertz CT molecular complexity index is 369. The van der Waals surface area contributed by atoms with Gasteiger partial charge >= 0.3 is 0 Å². The molecule has 1 aliphatic rings. The highest BCUT2D eigenvalue weighted by atomic mass is 16.2. The molecule has 0 aromatic heterocycles. The third kappa shape index (κ3) is 3.07. The Morgan fingerprint density at radius 1 is 1.41 bits per heavy atom. The molecule has 1 fully saturated rings. The lowest BCUT2D eigenvalue weighted by Gasteiger charge is -2.21. The van der Waals surface area contributed by atoms with Crippen LogP contribution in [-0.4, -0.2) is 25.5 Å². The zero-order valence-electron chi connectivity index (χ0n) is 10.3. The molecule has 0 bridgehead atoms. The number of amides is 1. The van der Waals surface area contributed by atoms with Gasteiger partial charge in [-0.25, -0.2) is 0 Å². The van der Waals surface area contributed by atoms with Crippen molar-refractivity contribution in [2.45, 2.75) is 19.8 Å². The van der Waals surface area contributed by atoms with Gasteiger partial charge < -0.3 is 10.6 Å². The summed E-state index contributed by atoms with van der Waals surface area (Å²) >= 11 is 0. The van der Waals surface area contributed by atoms with Gasteiger partial charge in [0.15, 0.2) is 0 Å². The average molecular weight is 232 g/mol. The van der Waals surface area contributed by atoms with Crippen LogP contribution in [0.1, 0.15) is 18.9 Å². The van der Waals surface area contributed by atoms with Crippen LogP contribution in [0.4, 0.5) is 0 Å². The van der Waals surface area contributed by atoms with E-state index in [2.05, 4.69) is 22.8 Å². The van der Waals surface area contributed by atoms with E-state index in [1.807, 2.05) is 25.1 Å². The van der Waals surface area contributed by atoms with Gasteiger partial charge in [-0.2, -0.15) is 0 Å². The van der Waals surface area contributed by atoms with E-state index in [1.54, 1.807) is 0 Å². The van der Waals surface area contributed by atoms with Crippen LogP contribution in [0.25, 0.3) is 0 Å². The topological polar surface area (TPSA) is 41.1 Å². The minimum absolute atomic E-state index is 0.179. The minimum atomic E-state index is -0.212. The molecule has 0 saturated carbocycles. The van der Waals surface area contributed by atoms with Crippen LogP contribution in [0.15, 0.2) is 30.3 Å². The highest BCUT2D eigenvalue weighted by Gasteiger charge is 2.35. The van der Waals surface area contributed by atoms with Crippen LogP contribution in [0.5, 0.6) is 0 Å². The predicted octanol–water partition coefficient (Wildman–Crippen LogP) is 1.34. The third-order valence-electron chi connectivity index (χ3n) is 3.46. The SMILES string of the molecule is CC1(C(=O)NCCc2ccccc2)CCNC1. The summed E-state index contributed by atoms with van der Waals surface area (Å²) in [4.78, 5) is 12.0. The fraction of sp³-hybridized carbons (Fsp3) is 0.500. The zero-order valence-corrected chi connectivity index (χ0v) is 10.3. The van der Waals surface area contributed by atoms with Crippen LogP contribution >= 0.6 is 0 Å². The van der Waals surface area contributed by atoms with Gasteiger partial charge in [0.2, 0.25) is 5.91 Å². The van der Waals surface area contributed by atoms with E-state index in [0.29, 0.717) is 0 Å². The Morgan fingerprint density at radius 3 is 2.82 bits per heavy atom. The third-order valence-corrected chi connectivity index (χ3v) is 3.46. The highest BCUT2D eigenvalue weighted by molar-refractivity contribution is 5.82. The molecule has 1 aromatic rings. The first-order valence-corrected chi connectivity index (χ1v) is 6.24. The second-order valence-electron chi connectivity index (χ2n) is 4.98. The summed E-state index contributed by atoms with van der Waals surface area (Å²) in [6.07, 6.45) is 1.83. The van der Waals surface area contributed by atoms with Gasteiger partial charge in [0.05, 0.1) is 5.41 Å². The molecule has 1 amide bonds. The van der Waals surface area contributed by atoms with Crippen LogP contribution in [-0.2, 0) is 11.2 Å². The number of nitrogens with one attached hydrogen (secondary N) is 2. The highest BCUT2D eigenvalue weighted by Crippen LogP contribution is 2.24. The Morgan fingerprint density at radius 2 is 2.18 bits per heavy atom. The molecule has 0 radical (unpaired) electrons. The molecule has 3 nitrogen and oxygen atoms in total. The maximum atomic E-state index is 12.0. The first-order valence-electron chi connectivity index (χ1n) is 6.24. The standard InChI is InChI=1S/C14H20N2O/c1-14(8-10-15-11-14)13(17)16-9-7-12-5-3-2-4-6-12/h2-6,15H,7-11H2,1H3,(H,16,17). The molecular formula is C14H20N2O. The van der Waals surface area contributed by atoms with Crippen molar-refractivity contribution in [2.75, 3.05) is 19.6 Å². The fourth-order valence-corrected chi connectivity index (χ4v) is 2.19. The van der Waals surface area contributed by atoms with E-state index in [4.69, 9.17) is 0 Å². The van der Waals surface area contributed by atoms with Crippen molar-refractivity contribution in [3.63, 3.8) is 0 Å². The van der Waals surface area contributed by atoms with Gasteiger partial charge in [-0.05, 0) is 31.9 Å². The van der Waals surface area contributed by atoms with Crippen molar-refractivity contribution >= 4 is 5.91 Å². The summed E-state index contributed by atoms with van der Waals surface area (Å²) in [5.74, 6) is 0.179. The van der Waals surface area contributed by atoms with Crippen LogP contribution < -0.4 is 10.6 Å². The summed E-state index contributed by atoms with van der Waals surface area (Å²) in [6, 6.07) is 10.2. The Kier molecular flexibility index (Phi) is 3.79. The molecule has 0 spiro atoms. The van der Waals surface area contributed by atoms with Crippen LogP contribution in [0.3, 0.4) is 0 Å². The van der Waals surface area contributed by atoms with Gasteiger partial charge in [0.25, 0.3) is 0 Å². The quantitative estimate of drug-likeness (QED) is 0.822. The Labute approximate surface area is 103 Å². The monoisotopic (exact) mass is 232 g/mol. The van der Waals surface area contributed by atoms with Gasteiger partial charge in [-0.15, -0.1) is 0 Å². The summed E-state index contributed by atoms with van der Waals surface area (Å²) in [7, 11) is 0.